The number of hydrogen-bond acceptors (Lipinski definition) is 5. The first-order chi connectivity index (χ1) is 8.63. The molecule has 0 atom stereocenters. The van der Waals surface area contributed by atoms with Gasteiger partial charge in [0.25, 0.3) is 0 Å². The molecule has 0 unspecified atom stereocenters. The van der Waals surface area contributed by atoms with Crippen molar-refractivity contribution in [1.29, 1.82) is 5.26 Å². The molecule has 0 aromatic carbocycles. The van der Waals surface area contributed by atoms with E-state index in [-0.39, 0.29) is 12.6 Å². The molecule has 2 aromatic rings. The van der Waals surface area contributed by atoms with E-state index < -0.39 is 0 Å². The smallest absolute Gasteiger partial charge is 0.348 e. The van der Waals surface area contributed by atoms with E-state index in [0.29, 0.717) is 17.7 Å². The van der Waals surface area contributed by atoms with Gasteiger partial charge >= 0.3 is 5.97 Å². The molecule has 0 N–H and O–H groups in total. The summed E-state index contributed by atoms with van der Waals surface area (Å²) in [5.74, 6) is -0.325. The van der Waals surface area contributed by atoms with Gasteiger partial charge in [-0.05, 0) is 19.4 Å². The van der Waals surface area contributed by atoms with Gasteiger partial charge in [0.05, 0.1) is 18.4 Å². The highest BCUT2D eigenvalue weighted by molar-refractivity contribution is 7.20. The van der Waals surface area contributed by atoms with Crippen LogP contribution in [-0.2, 0) is 11.8 Å². The van der Waals surface area contributed by atoms with Crippen LogP contribution in [0.2, 0.25) is 0 Å². The first kappa shape index (κ1) is 12.6. The van der Waals surface area contributed by atoms with Gasteiger partial charge in [0.1, 0.15) is 9.71 Å². The molecule has 0 saturated heterocycles. The SMILES string of the molecule is Cc1nn(C)c2sc(C(=O)OCCCC#N)cc12. The summed E-state index contributed by atoms with van der Waals surface area (Å²) in [5, 5.41) is 13.6. The second-order valence-corrected chi connectivity index (χ2v) is 4.97. The Morgan fingerprint density at radius 3 is 3.11 bits per heavy atom. The molecule has 0 bridgehead atoms. The van der Waals surface area contributed by atoms with Crippen LogP contribution in [0.4, 0.5) is 0 Å². The van der Waals surface area contributed by atoms with E-state index in [1.165, 1.54) is 11.3 Å². The summed E-state index contributed by atoms with van der Waals surface area (Å²) in [5.41, 5.74) is 0.910. The van der Waals surface area contributed by atoms with Gasteiger partial charge in [-0.3, -0.25) is 4.68 Å². The summed E-state index contributed by atoms with van der Waals surface area (Å²) < 4.78 is 6.87. The maximum Gasteiger partial charge on any atom is 0.348 e. The Morgan fingerprint density at radius 2 is 2.44 bits per heavy atom. The van der Waals surface area contributed by atoms with Crippen LogP contribution in [0, 0.1) is 18.3 Å². The number of thiophene rings is 1. The van der Waals surface area contributed by atoms with Crippen molar-refractivity contribution in [3.05, 3.63) is 16.6 Å². The van der Waals surface area contributed by atoms with Crippen molar-refractivity contribution < 1.29 is 9.53 Å². The van der Waals surface area contributed by atoms with Crippen molar-refractivity contribution in [1.82, 2.24) is 9.78 Å². The van der Waals surface area contributed by atoms with Gasteiger partial charge < -0.3 is 4.74 Å². The van der Waals surface area contributed by atoms with Gasteiger partial charge in [0.2, 0.25) is 0 Å². The Balaban J connectivity index is 2.09. The lowest BCUT2D eigenvalue weighted by molar-refractivity contribution is 0.0507. The fourth-order valence-corrected chi connectivity index (χ4v) is 2.71. The lowest BCUT2D eigenvalue weighted by Crippen LogP contribution is -2.04. The van der Waals surface area contributed by atoms with E-state index in [1.54, 1.807) is 4.68 Å². The first-order valence-corrected chi connectivity index (χ1v) is 6.42. The lowest BCUT2D eigenvalue weighted by atomic mass is 10.3. The van der Waals surface area contributed by atoms with E-state index in [4.69, 9.17) is 10.00 Å². The molecule has 2 rings (SSSR count). The zero-order valence-corrected chi connectivity index (χ0v) is 11.1. The van der Waals surface area contributed by atoms with Crippen LogP contribution in [0.5, 0.6) is 0 Å². The molecule has 18 heavy (non-hydrogen) atoms. The number of aromatic nitrogens is 2. The topological polar surface area (TPSA) is 67.9 Å². The molecule has 5 nitrogen and oxygen atoms in total. The Hall–Kier alpha value is -1.87. The number of rotatable bonds is 4. The summed E-state index contributed by atoms with van der Waals surface area (Å²) in [6.45, 7) is 2.20. The number of esters is 1. The van der Waals surface area contributed by atoms with Gasteiger partial charge in [0, 0.05) is 18.9 Å². The molecule has 0 fully saturated rings. The number of fused-ring (bicyclic) bond motifs is 1. The van der Waals surface area contributed by atoms with Crippen LogP contribution in [-0.4, -0.2) is 22.4 Å². The van der Waals surface area contributed by atoms with E-state index in [9.17, 15) is 4.79 Å². The molecule has 2 heterocycles. The maximum atomic E-state index is 11.8. The number of ether oxygens (including phenoxy) is 1. The summed E-state index contributed by atoms with van der Waals surface area (Å²) in [6, 6.07) is 3.83. The van der Waals surface area contributed by atoms with Crippen LogP contribution >= 0.6 is 11.3 Å². The maximum absolute atomic E-state index is 11.8. The number of carbonyl (C=O) groups excluding carboxylic acids is 1. The second kappa shape index (κ2) is 5.19. The van der Waals surface area contributed by atoms with Crippen LogP contribution in [0.3, 0.4) is 0 Å². The average molecular weight is 263 g/mol. The molecule has 0 aliphatic rings. The number of aryl methyl sites for hydroxylation is 2. The Labute approximate surface area is 109 Å². The van der Waals surface area contributed by atoms with Gasteiger partial charge in [-0.1, -0.05) is 0 Å². The minimum absolute atomic E-state index is 0.290. The fourth-order valence-electron chi connectivity index (χ4n) is 1.69. The Bertz CT molecular complexity index is 587. The third-order valence-electron chi connectivity index (χ3n) is 2.56. The summed E-state index contributed by atoms with van der Waals surface area (Å²) >= 11 is 1.38. The van der Waals surface area contributed by atoms with Gasteiger partial charge in [-0.2, -0.15) is 10.4 Å². The van der Waals surface area contributed by atoms with E-state index in [2.05, 4.69) is 5.10 Å². The van der Waals surface area contributed by atoms with Gasteiger partial charge in [0.15, 0.2) is 0 Å². The van der Waals surface area contributed by atoms with Gasteiger partial charge in [-0.25, -0.2) is 4.79 Å². The molecule has 6 heteroatoms. The monoisotopic (exact) mass is 263 g/mol. The fraction of sp³-hybridized carbons (Fsp3) is 0.417. The van der Waals surface area contributed by atoms with Crippen molar-refractivity contribution >= 4 is 27.5 Å². The summed E-state index contributed by atoms with van der Waals surface area (Å²) in [6.07, 6.45) is 0.983. The standard InChI is InChI=1S/C12H13N3O2S/c1-8-9-7-10(18-11(9)15(2)14-8)12(16)17-6-4-3-5-13/h7H,3-4,6H2,1-2H3. The number of carbonyl (C=O) groups is 1. The zero-order valence-electron chi connectivity index (χ0n) is 10.3. The van der Waals surface area contributed by atoms with Crippen molar-refractivity contribution in [2.24, 2.45) is 7.05 Å². The molecular formula is C12H13N3O2S. The third kappa shape index (κ3) is 2.36. The predicted octanol–water partition coefficient (Wildman–Crippen LogP) is 2.40. The Morgan fingerprint density at radius 1 is 1.67 bits per heavy atom. The van der Waals surface area contributed by atoms with Crippen LogP contribution in [0.15, 0.2) is 6.07 Å². The molecule has 0 aliphatic heterocycles. The number of nitrogens with zero attached hydrogens (tertiary/aromatic N) is 3. The van der Waals surface area contributed by atoms with Crippen molar-refractivity contribution in [2.45, 2.75) is 19.8 Å². The summed E-state index contributed by atoms with van der Waals surface area (Å²) in [7, 11) is 1.86. The molecule has 2 aromatic heterocycles. The average Bonchev–Trinajstić information content (AvgIpc) is 2.88. The normalized spacial score (nSPS) is 10.5. The largest absolute Gasteiger partial charge is 0.461 e. The quantitative estimate of drug-likeness (QED) is 0.627. The first-order valence-electron chi connectivity index (χ1n) is 5.60. The highest BCUT2D eigenvalue weighted by atomic mass is 32.1. The molecule has 0 spiro atoms. The van der Waals surface area contributed by atoms with E-state index in [0.717, 1.165) is 15.9 Å². The number of nitriles is 1. The molecular weight excluding hydrogens is 250 g/mol. The van der Waals surface area contributed by atoms with Crippen molar-refractivity contribution in [3.63, 3.8) is 0 Å². The van der Waals surface area contributed by atoms with Gasteiger partial charge in [-0.15, -0.1) is 11.3 Å². The highest BCUT2D eigenvalue weighted by Crippen LogP contribution is 2.28. The van der Waals surface area contributed by atoms with E-state index >= 15 is 0 Å². The van der Waals surface area contributed by atoms with E-state index in [1.807, 2.05) is 26.1 Å². The second-order valence-electron chi connectivity index (χ2n) is 3.94. The minimum Gasteiger partial charge on any atom is -0.461 e. The third-order valence-corrected chi connectivity index (χ3v) is 3.75. The van der Waals surface area contributed by atoms with Crippen LogP contribution in [0.25, 0.3) is 10.2 Å². The van der Waals surface area contributed by atoms with Crippen molar-refractivity contribution in [3.8, 4) is 6.07 Å². The molecule has 0 saturated carbocycles. The lowest BCUT2D eigenvalue weighted by Gasteiger charge is -2.00. The predicted molar refractivity (Wildman–Crippen MR) is 68.5 cm³/mol. The van der Waals surface area contributed by atoms with Crippen LogP contribution in [0.1, 0.15) is 28.2 Å². The molecule has 0 amide bonds. The van der Waals surface area contributed by atoms with Crippen LogP contribution < -0.4 is 0 Å². The van der Waals surface area contributed by atoms with Crippen molar-refractivity contribution in [2.75, 3.05) is 6.61 Å². The Kier molecular flexibility index (Phi) is 3.63. The number of unbranched alkanes of at least 4 members (excludes halogenated alkanes) is 1. The highest BCUT2D eigenvalue weighted by Gasteiger charge is 2.15. The molecule has 0 radical (unpaired) electrons. The number of hydrogen-bond donors (Lipinski definition) is 0. The minimum atomic E-state index is -0.325. The zero-order chi connectivity index (χ0) is 13.1. The summed E-state index contributed by atoms with van der Waals surface area (Å²) in [4.78, 5) is 13.3. The molecule has 0 aliphatic carbocycles. The molecule has 94 valence electrons.